The van der Waals surface area contributed by atoms with Gasteiger partial charge in [0.2, 0.25) is 11.8 Å². The second kappa shape index (κ2) is 8.39. The molecule has 1 aromatic carbocycles. The second-order valence-corrected chi connectivity index (χ2v) is 8.28. The molecule has 2 fully saturated rings. The van der Waals surface area contributed by atoms with Crippen LogP contribution in [0.2, 0.25) is 0 Å². The van der Waals surface area contributed by atoms with Gasteiger partial charge in [-0.15, -0.1) is 0 Å². The molecule has 0 aromatic heterocycles. The number of aryl methyl sites for hydroxylation is 1. The summed E-state index contributed by atoms with van der Waals surface area (Å²) in [4.78, 5) is 31.1. The van der Waals surface area contributed by atoms with Crippen molar-refractivity contribution in [2.75, 3.05) is 26.7 Å². The van der Waals surface area contributed by atoms with Crippen LogP contribution in [0, 0.1) is 30.6 Å². The topological polar surface area (TPSA) is 73.8 Å². The standard InChI is InChI=1S/C23H30N4O2/c1-15-6-3-4-7-16(15)10-12-26-23(24-2)25-11-5-13-27-21(28)19-17-8-9-18(14-17)20(19)22(27)29/h3-4,6-9,17-20H,5,10-14H2,1-2H3,(H2,24,25,26). The molecule has 29 heavy (non-hydrogen) atoms. The van der Waals surface area contributed by atoms with E-state index in [0.29, 0.717) is 13.1 Å². The van der Waals surface area contributed by atoms with E-state index in [9.17, 15) is 9.59 Å². The van der Waals surface area contributed by atoms with E-state index >= 15 is 0 Å². The van der Waals surface area contributed by atoms with Gasteiger partial charge in [-0.2, -0.15) is 0 Å². The number of aliphatic imine (C=N–C) groups is 1. The molecule has 2 N–H and O–H groups in total. The van der Waals surface area contributed by atoms with E-state index in [1.165, 1.54) is 16.0 Å². The zero-order valence-corrected chi connectivity index (χ0v) is 17.2. The molecular weight excluding hydrogens is 364 g/mol. The summed E-state index contributed by atoms with van der Waals surface area (Å²) >= 11 is 0. The van der Waals surface area contributed by atoms with E-state index in [0.717, 1.165) is 31.8 Å². The number of amides is 2. The number of likely N-dealkylation sites (tertiary alicyclic amines) is 1. The van der Waals surface area contributed by atoms with Crippen molar-refractivity contribution in [3.63, 3.8) is 0 Å². The first kappa shape index (κ1) is 19.7. The molecule has 2 aliphatic carbocycles. The third-order valence-electron chi connectivity index (χ3n) is 6.58. The molecule has 1 heterocycles. The maximum absolute atomic E-state index is 12.7. The van der Waals surface area contributed by atoms with Gasteiger partial charge in [0.1, 0.15) is 0 Å². The predicted molar refractivity (Wildman–Crippen MR) is 113 cm³/mol. The number of nitrogens with zero attached hydrogens (tertiary/aromatic N) is 2. The van der Waals surface area contributed by atoms with E-state index in [2.05, 4.69) is 59.0 Å². The molecule has 1 aromatic rings. The van der Waals surface area contributed by atoms with Gasteiger partial charge in [-0.25, -0.2) is 0 Å². The van der Waals surface area contributed by atoms with Crippen LogP contribution in [0.3, 0.4) is 0 Å². The quantitative estimate of drug-likeness (QED) is 0.244. The average Bonchev–Trinajstić information content (AvgIpc) is 3.40. The van der Waals surface area contributed by atoms with E-state index < -0.39 is 0 Å². The first-order chi connectivity index (χ1) is 14.1. The van der Waals surface area contributed by atoms with Crippen LogP contribution in [0.25, 0.3) is 0 Å². The van der Waals surface area contributed by atoms with Crippen LogP contribution in [0.5, 0.6) is 0 Å². The fraction of sp³-hybridized carbons (Fsp3) is 0.522. The molecule has 4 unspecified atom stereocenters. The number of carbonyl (C=O) groups is 2. The van der Waals surface area contributed by atoms with Crippen molar-refractivity contribution in [2.24, 2.45) is 28.7 Å². The van der Waals surface area contributed by atoms with Crippen LogP contribution in [0.4, 0.5) is 0 Å². The van der Waals surface area contributed by atoms with Gasteiger partial charge in [-0.05, 0) is 49.1 Å². The van der Waals surface area contributed by atoms with Crippen LogP contribution in [-0.4, -0.2) is 49.4 Å². The number of benzene rings is 1. The molecule has 4 atom stereocenters. The molecule has 1 saturated carbocycles. The normalized spacial score (nSPS) is 27.7. The molecule has 6 heteroatoms. The van der Waals surface area contributed by atoms with Gasteiger partial charge in [-0.3, -0.25) is 19.5 Å². The summed E-state index contributed by atoms with van der Waals surface area (Å²) in [5, 5.41) is 6.61. The van der Waals surface area contributed by atoms with Crippen molar-refractivity contribution in [1.29, 1.82) is 0 Å². The largest absolute Gasteiger partial charge is 0.356 e. The number of allylic oxidation sites excluding steroid dienone is 2. The maximum Gasteiger partial charge on any atom is 0.233 e. The lowest BCUT2D eigenvalue weighted by atomic mass is 9.85. The fourth-order valence-corrected chi connectivity index (χ4v) is 5.06. The lowest BCUT2D eigenvalue weighted by Crippen LogP contribution is -2.40. The van der Waals surface area contributed by atoms with Gasteiger partial charge in [0, 0.05) is 26.7 Å². The first-order valence-corrected chi connectivity index (χ1v) is 10.6. The molecule has 1 saturated heterocycles. The highest BCUT2D eigenvalue weighted by molar-refractivity contribution is 6.06. The van der Waals surface area contributed by atoms with Gasteiger partial charge in [-0.1, -0.05) is 36.4 Å². The summed E-state index contributed by atoms with van der Waals surface area (Å²) in [6.07, 6.45) is 6.90. The van der Waals surface area contributed by atoms with Crippen molar-refractivity contribution in [3.8, 4) is 0 Å². The molecule has 4 rings (SSSR count). The summed E-state index contributed by atoms with van der Waals surface area (Å²) in [6, 6.07) is 8.39. The van der Waals surface area contributed by atoms with Crippen LogP contribution in [0.15, 0.2) is 41.4 Å². The number of nitrogens with one attached hydrogen (secondary N) is 2. The van der Waals surface area contributed by atoms with Crippen LogP contribution >= 0.6 is 0 Å². The Labute approximate surface area is 172 Å². The number of rotatable bonds is 7. The highest BCUT2D eigenvalue weighted by Gasteiger charge is 2.58. The second-order valence-electron chi connectivity index (χ2n) is 8.28. The molecule has 2 amide bonds. The number of hydrogen-bond acceptors (Lipinski definition) is 3. The Kier molecular flexibility index (Phi) is 5.69. The van der Waals surface area contributed by atoms with E-state index in [4.69, 9.17) is 0 Å². The van der Waals surface area contributed by atoms with Crippen molar-refractivity contribution in [3.05, 3.63) is 47.5 Å². The zero-order chi connectivity index (χ0) is 20.4. The summed E-state index contributed by atoms with van der Waals surface area (Å²) < 4.78 is 0. The van der Waals surface area contributed by atoms with Crippen molar-refractivity contribution >= 4 is 17.8 Å². The van der Waals surface area contributed by atoms with Crippen LogP contribution in [-0.2, 0) is 16.0 Å². The molecule has 6 nitrogen and oxygen atoms in total. The Bertz CT molecular complexity index is 817. The average molecular weight is 395 g/mol. The summed E-state index contributed by atoms with van der Waals surface area (Å²) in [5.74, 6) is 1.19. The van der Waals surface area contributed by atoms with Gasteiger partial charge < -0.3 is 10.6 Å². The Balaban J connectivity index is 1.19. The Morgan fingerprint density at radius 2 is 1.72 bits per heavy atom. The number of imide groups is 1. The molecule has 0 spiro atoms. The lowest BCUT2D eigenvalue weighted by molar-refractivity contribution is -0.140. The highest BCUT2D eigenvalue weighted by atomic mass is 16.2. The van der Waals surface area contributed by atoms with Crippen LogP contribution in [0.1, 0.15) is 24.0 Å². The smallest absolute Gasteiger partial charge is 0.233 e. The van der Waals surface area contributed by atoms with E-state index in [1.807, 2.05) is 0 Å². The Hall–Kier alpha value is -2.63. The van der Waals surface area contributed by atoms with Gasteiger partial charge in [0.25, 0.3) is 0 Å². The molecule has 2 bridgehead atoms. The minimum atomic E-state index is -0.0960. The molecule has 1 aliphatic heterocycles. The van der Waals surface area contributed by atoms with Crippen molar-refractivity contribution < 1.29 is 9.59 Å². The Morgan fingerprint density at radius 3 is 2.38 bits per heavy atom. The highest BCUT2D eigenvalue weighted by Crippen LogP contribution is 2.52. The third-order valence-corrected chi connectivity index (χ3v) is 6.58. The number of carbonyl (C=O) groups excluding carboxylic acids is 2. The number of fused-ring (bicyclic) bond motifs is 5. The molecule has 0 radical (unpaired) electrons. The monoisotopic (exact) mass is 394 g/mol. The van der Waals surface area contributed by atoms with Crippen molar-refractivity contribution in [1.82, 2.24) is 15.5 Å². The number of hydrogen-bond donors (Lipinski definition) is 2. The molecule has 3 aliphatic rings. The third kappa shape index (κ3) is 3.80. The van der Waals surface area contributed by atoms with Gasteiger partial charge in [0.05, 0.1) is 11.8 Å². The number of guanidine groups is 1. The fourth-order valence-electron chi connectivity index (χ4n) is 5.06. The zero-order valence-electron chi connectivity index (χ0n) is 17.2. The van der Waals surface area contributed by atoms with E-state index in [1.54, 1.807) is 7.05 Å². The minimum absolute atomic E-state index is 0.0394. The molecular formula is C23H30N4O2. The van der Waals surface area contributed by atoms with Crippen LogP contribution < -0.4 is 10.6 Å². The van der Waals surface area contributed by atoms with Crippen molar-refractivity contribution in [2.45, 2.75) is 26.2 Å². The summed E-state index contributed by atoms with van der Waals surface area (Å²) in [6.45, 7) is 4.07. The summed E-state index contributed by atoms with van der Waals surface area (Å²) in [5.41, 5.74) is 2.63. The summed E-state index contributed by atoms with van der Waals surface area (Å²) in [7, 11) is 1.75. The van der Waals surface area contributed by atoms with E-state index in [-0.39, 0.29) is 35.5 Å². The first-order valence-electron chi connectivity index (χ1n) is 10.6. The maximum atomic E-state index is 12.7. The SMILES string of the molecule is CN=C(NCCCN1C(=O)C2C3C=CC(C3)C2C1=O)NCCc1ccccc1C. The predicted octanol–water partition coefficient (Wildman–Crippen LogP) is 1.90. The lowest BCUT2D eigenvalue weighted by Gasteiger charge is -2.18. The van der Waals surface area contributed by atoms with Gasteiger partial charge in [0.15, 0.2) is 5.96 Å². The Morgan fingerprint density at radius 1 is 1.07 bits per heavy atom. The molecule has 154 valence electrons. The minimum Gasteiger partial charge on any atom is -0.356 e. The van der Waals surface area contributed by atoms with Gasteiger partial charge >= 0.3 is 0 Å².